The van der Waals surface area contributed by atoms with Crippen LogP contribution >= 0.6 is 0 Å². The molecule has 3 aromatic rings. The summed E-state index contributed by atoms with van der Waals surface area (Å²) < 4.78 is 5.23. The molecule has 0 unspecified atom stereocenters. The summed E-state index contributed by atoms with van der Waals surface area (Å²) in [6.07, 6.45) is 5.55. The fraction of sp³-hybridized carbons (Fsp3) is 0.290. The van der Waals surface area contributed by atoms with Gasteiger partial charge in [0.05, 0.1) is 18.5 Å². The molecule has 0 aliphatic rings. The molecule has 0 bridgehead atoms. The van der Waals surface area contributed by atoms with E-state index < -0.39 is 0 Å². The standard InChI is InChI=1S/C26H25NO2.2C2H6.CH4O/c1-6-8-24-23(7-2)25(18(4)28)17(3)26(27-24)21-11-9-19(10-12-21)20-13-15-22(29-5)16-14-20;3*1-2/h6-16H,2H2,1,3-5H3;2*1-2H3;2H,1H3/b8-6-;;;. The molecule has 1 heterocycles. The maximum absolute atomic E-state index is 12.4. The zero-order valence-corrected chi connectivity index (χ0v) is 22.8. The molecule has 1 N–H and O–H groups in total. The maximum Gasteiger partial charge on any atom is 0.160 e. The van der Waals surface area contributed by atoms with Gasteiger partial charge in [-0.1, -0.05) is 82.8 Å². The first-order valence-corrected chi connectivity index (χ1v) is 12.0. The Morgan fingerprint density at radius 2 is 1.37 bits per heavy atom. The van der Waals surface area contributed by atoms with E-state index in [0.29, 0.717) is 5.56 Å². The molecule has 0 atom stereocenters. The molecule has 0 aliphatic heterocycles. The minimum absolute atomic E-state index is 0.0154. The molecule has 0 spiro atoms. The molecule has 0 saturated heterocycles. The minimum Gasteiger partial charge on any atom is -0.497 e. The molecular formula is C31H41NO3. The number of aromatic nitrogens is 1. The highest BCUT2D eigenvalue weighted by Crippen LogP contribution is 2.31. The number of nitrogens with zero attached hydrogens (tertiary/aromatic N) is 1. The molecule has 35 heavy (non-hydrogen) atoms. The van der Waals surface area contributed by atoms with Crippen LogP contribution < -0.4 is 4.74 Å². The number of rotatable bonds is 6. The number of Topliss-reactive ketones (excluding diaryl/α,β-unsaturated/α-hetero) is 1. The van der Waals surface area contributed by atoms with Gasteiger partial charge in [-0.05, 0) is 55.7 Å². The Morgan fingerprint density at radius 1 is 0.914 bits per heavy atom. The first-order valence-electron chi connectivity index (χ1n) is 12.0. The van der Waals surface area contributed by atoms with Crippen LogP contribution in [0.25, 0.3) is 34.5 Å². The fourth-order valence-corrected chi connectivity index (χ4v) is 3.54. The zero-order valence-electron chi connectivity index (χ0n) is 22.8. The Morgan fingerprint density at radius 3 is 1.77 bits per heavy atom. The lowest BCUT2D eigenvalue weighted by Crippen LogP contribution is -2.07. The van der Waals surface area contributed by atoms with E-state index >= 15 is 0 Å². The van der Waals surface area contributed by atoms with Crippen LogP contribution in [0.5, 0.6) is 5.75 Å². The van der Waals surface area contributed by atoms with E-state index in [1.165, 1.54) is 0 Å². The third-order valence-corrected chi connectivity index (χ3v) is 4.97. The molecule has 188 valence electrons. The van der Waals surface area contributed by atoms with Crippen LogP contribution in [0.3, 0.4) is 0 Å². The molecule has 4 nitrogen and oxygen atoms in total. The normalized spacial score (nSPS) is 9.54. The van der Waals surface area contributed by atoms with E-state index in [1.54, 1.807) is 20.1 Å². The minimum atomic E-state index is 0.0154. The summed E-state index contributed by atoms with van der Waals surface area (Å²) >= 11 is 0. The van der Waals surface area contributed by atoms with Gasteiger partial charge in [0, 0.05) is 23.8 Å². The van der Waals surface area contributed by atoms with Crippen molar-refractivity contribution in [3.63, 3.8) is 0 Å². The number of carbonyl (C=O) groups excluding carboxylic acids is 1. The van der Waals surface area contributed by atoms with E-state index in [2.05, 4.69) is 18.7 Å². The number of aliphatic hydroxyl groups excluding tert-OH is 1. The molecule has 0 fully saturated rings. The van der Waals surface area contributed by atoms with Crippen LogP contribution in [-0.4, -0.2) is 30.1 Å². The van der Waals surface area contributed by atoms with Gasteiger partial charge in [-0.15, -0.1) is 0 Å². The Labute approximate surface area is 212 Å². The van der Waals surface area contributed by atoms with E-state index in [4.69, 9.17) is 14.8 Å². The van der Waals surface area contributed by atoms with Crippen LogP contribution in [0.4, 0.5) is 0 Å². The summed E-state index contributed by atoms with van der Waals surface area (Å²) in [6, 6.07) is 16.2. The fourth-order valence-electron chi connectivity index (χ4n) is 3.54. The number of allylic oxidation sites excluding steroid dienone is 1. The molecule has 2 aromatic carbocycles. The van der Waals surface area contributed by atoms with Crippen molar-refractivity contribution in [1.82, 2.24) is 4.98 Å². The molecule has 0 radical (unpaired) electrons. The van der Waals surface area contributed by atoms with Crippen molar-refractivity contribution in [1.29, 1.82) is 0 Å². The molecule has 0 saturated carbocycles. The second-order valence-electron chi connectivity index (χ2n) is 6.83. The Hall–Kier alpha value is -3.50. The van der Waals surface area contributed by atoms with E-state index in [-0.39, 0.29) is 5.78 Å². The lowest BCUT2D eigenvalue weighted by molar-refractivity contribution is 0.101. The van der Waals surface area contributed by atoms with Crippen molar-refractivity contribution in [3.8, 4) is 28.1 Å². The first-order chi connectivity index (χ1) is 17.0. The zero-order chi connectivity index (χ0) is 27.0. The number of aliphatic hydroxyl groups is 1. The van der Waals surface area contributed by atoms with E-state index in [9.17, 15) is 4.79 Å². The van der Waals surface area contributed by atoms with Crippen LogP contribution in [0.15, 0.2) is 61.2 Å². The Bertz CT molecular complexity index is 1080. The molecule has 3 rings (SSSR count). The van der Waals surface area contributed by atoms with Crippen molar-refractivity contribution < 1.29 is 14.6 Å². The van der Waals surface area contributed by atoms with Crippen LogP contribution in [0, 0.1) is 6.92 Å². The predicted molar refractivity (Wildman–Crippen MR) is 152 cm³/mol. The van der Waals surface area contributed by atoms with Gasteiger partial charge in [0.2, 0.25) is 0 Å². The number of hydrogen-bond acceptors (Lipinski definition) is 4. The van der Waals surface area contributed by atoms with Crippen LogP contribution in [-0.2, 0) is 0 Å². The first kappa shape index (κ1) is 31.5. The third-order valence-electron chi connectivity index (χ3n) is 4.97. The predicted octanol–water partition coefficient (Wildman–Crippen LogP) is 8.27. The van der Waals surface area contributed by atoms with E-state index in [1.807, 2.05) is 90.1 Å². The van der Waals surface area contributed by atoms with Crippen LogP contribution in [0.2, 0.25) is 0 Å². The highest BCUT2D eigenvalue weighted by Gasteiger charge is 2.18. The number of carbonyl (C=O) groups is 1. The number of methoxy groups -OCH3 is 1. The summed E-state index contributed by atoms with van der Waals surface area (Å²) in [5.74, 6) is 0.849. The topological polar surface area (TPSA) is 59.4 Å². The van der Waals surface area contributed by atoms with Crippen molar-refractivity contribution >= 4 is 17.9 Å². The quantitative estimate of drug-likeness (QED) is 0.364. The van der Waals surface area contributed by atoms with Crippen molar-refractivity contribution in [2.45, 2.75) is 48.5 Å². The monoisotopic (exact) mass is 475 g/mol. The lowest BCUT2D eigenvalue weighted by Gasteiger charge is -2.15. The van der Waals surface area contributed by atoms with Crippen LogP contribution in [0.1, 0.15) is 68.7 Å². The number of ketones is 1. The van der Waals surface area contributed by atoms with Gasteiger partial charge in [0.15, 0.2) is 5.78 Å². The SMILES string of the molecule is C=Cc1c(/C=C\C)nc(-c2ccc(-c3ccc(OC)cc3)cc2)c(C)c1C(C)=O.CC.CC.CO. The average molecular weight is 476 g/mol. The highest BCUT2D eigenvalue weighted by molar-refractivity contribution is 6.01. The second kappa shape index (κ2) is 17.0. The number of hydrogen-bond donors (Lipinski definition) is 1. The Balaban J connectivity index is 0.00000179. The highest BCUT2D eigenvalue weighted by atomic mass is 16.5. The molecule has 4 heteroatoms. The van der Waals surface area contributed by atoms with Gasteiger partial charge in [-0.2, -0.15) is 0 Å². The lowest BCUT2D eigenvalue weighted by atomic mass is 9.93. The smallest absolute Gasteiger partial charge is 0.160 e. The van der Waals surface area contributed by atoms with Gasteiger partial charge in [0.1, 0.15) is 5.75 Å². The summed E-state index contributed by atoms with van der Waals surface area (Å²) in [5.41, 5.74) is 7.11. The second-order valence-corrected chi connectivity index (χ2v) is 6.83. The number of benzene rings is 2. The molecule has 1 aromatic heterocycles. The maximum atomic E-state index is 12.4. The Kier molecular flexibility index (Phi) is 15.3. The molecular weight excluding hydrogens is 434 g/mol. The number of pyridine rings is 1. The molecule has 0 amide bonds. The van der Waals surface area contributed by atoms with Gasteiger partial charge >= 0.3 is 0 Å². The van der Waals surface area contributed by atoms with Gasteiger partial charge < -0.3 is 9.84 Å². The summed E-state index contributed by atoms with van der Waals surface area (Å²) in [7, 11) is 2.66. The van der Waals surface area contributed by atoms with Crippen molar-refractivity contribution in [2.75, 3.05) is 14.2 Å². The van der Waals surface area contributed by atoms with Crippen molar-refractivity contribution in [2.24, 2.45) is 0 Å². The molecule has 0 aliphatic carbocycles. The summed E-state index contributed by atoms with van der Waals surface area (Å²) in [5, 5.41) is 7.00. The van der Waals surface area contributed by atoms with Gasteiger partial charge in [-0.25, -0.2) is 4.98 Å². The third kappa shape index (κ3) is 8.04. The number of ether oxygens (including phenoxy) is 1. The summed E-state index contributed by atoms with van der Waals surface area (Å²) in [6.45, 7) is 17.4. The average Bonchev–Trinajstić information content (AvgIpc) is 2.92. The summed E-state index contributed by atoms with van der Waals surface area (Å²) in [4.78, 5) is 17.2. The van der Waals surface area contributed by atoms with Gasteiger partial charge in [0.25, 0.3) is 0 Å². The van der Waals surface area contributed by atoms with E-state index in [0.717, 1.165) is 52.1 Å². The largest absolute Gasteiger partial charge is 0.497 e. The van der Waals surface area contributed by atoms with Crippen molar-refractivity contribution in [3.05, 3.63) is 83.6 Å². The van der Waals surface area contributed by atoms with Gasteiger partial charge in [-0.3, -0.25) is 4.79 Å².